The van der Waals surface area contributed by atoms with Gasteiger partial charge in [0.05, 0.1) is 0 Å². The van der Waals surface area contributed by atoms with Crippen LogP contribution in [0.15, 0.2) is 0 Å². The molecule has 0 saturated carbocycles. The smallest absolute Gasteiger partial charge is 0.225 e. The largest absolute Gasteiger partial charge is 0.288 e. The zero-order valence-electron chi connectivity index (χ0n) is 3.47. The van der Waals surface area contributed by atoms with E-state index in [1.165, 1.54) is 0 Å². The minimum Gasteiger partial charge on any atom is -0.288 e. The molecular weight excluding hydrogens is 94.8 g/mol. The van der Waals surface area contributed by atoms with Gasteiger partial charge in [-0.05, 0) is 0 Å². The predicted octanol–water partition coefficient (Wildman–Crippen LogP) is -1.47. The molecule has 0 aromatic carbocycles. The molecule has 2 radical (unpaired) electrons. The molecule has 0 aliphatic rings. The Morgan fingerprint density at radius 1 is 1.71 bits per heavy atom. The highest BCUT2D eigenvalue weighted by molar-refractivity contribution is 6.57. The van der Waals surface area contributed by atoms with Crippen LogP contribution in [0.4, 0.5) is 4.79 Å². The molecule has 0 aliphatic heterocycles. The molecule has 0 aromatic rings. The lowest BCUT2D eigenvalue weighted by Gasteiger charge is -1.93. The molecule has 7 heavy (non-hydrogen) atoms. The van der Waals surface area contributed by atoms with Crippen molar-refractivity contribution in [1.82, 2.24) is 10.9 Å². The second-order valence-corrected chi connectivity index (χ2v) is 0.751. The van der Waals surface area contributed by atoms with Gasteiger partial charge in [-0.1, -0.05) is 0 Å². The highest BCUT2D eigenvalue weighted by Gasteiger charge is 1.80. The Morgan fingerprint density at radius 2 is 2.29 bits per heavy atom. The number of carbonyl (C=O) groups excluding carboxylic acids is 2. The van der Waals surface area contributed by atoms with E-state index in [0.717, 1.165) is 0 Å². The summed E-state index contributed by atoms with van der Waals surface area (Å²) >= 11 is 0. The Bertz CT molecular complexity index is 83.8. The van der Waals surface area contributed by atoms with Crippen LogP contribution in [0, 0.1) is 0 Å². The van der Waals surface area contributed by atoms with Crippen molar-refractivity contribution in [2.24, 2.45) is 0 Å². The molecule has 5 heteroatoms. The standard InChI is InChI=1S/C2H3BN2O2/c3-2(7)5-4-1-6/h1H,(H,4,6)(H,5,7). The third kappa shape index (κ3) is 5.00. The summed E-state index contributed by atoms with van der Waals surface area (Å²) in [5.74, 6) is -0.785. The first-order valence-corrected chi connectivity index (χ1v) is 1.52. The van der Waals surface area contributed by atoms with Gasteiger partial charge in [0.1, 0.15) is 0 Å². The highest BCUT2D eigenvalue weighted by Crippen LogP contribution is 1.46. The Kier molecular flexibility index (Phi) is 2.75. The van der Waals surface area contributed by atoms with E-state index >= 15 is 0 Å². The van der Waals surface area contributed by atoms with Crippen molar-refractivity contribution in [3.05, 3.63) is 0 Å². The van der Waals surface area contributed by atoms with Gasteiger partial charge in [-0.3, -0.25) is 20.4 Å². The zero-order chi connectivity index (χ0) is 5.70. The quantitative estimate of drug-likeness (QED) is 0.251. The number of rotatable bonds is 2. The summed E-state index contributed by atoms with van der Waals surface area (Å²) in [5.41, 5.74) is 3.66. The average molecular weight is 97.9 g/mol. The van der Waals surface area contributed by atoms with Gasteiger partial charge in [-0.2, -0.15) is 0 Å². The summed E-state index contributed by atoms with van der Waals surface area (Å²) in [6.07, 6.45) is 0.310. The van der Waals surface area contributed by atoms with Crippen LogP contribution in [-0.2, 0) is 4.79 Å². The summed E-state index contributed by atoms with van der Waals surface area (Å²) in [5, 5.41) is 0. The molecule has 0 aliphatic carbocycles. The summed E-state index contributed by atoms with van der Waals surface area (Å²) in [4.78, 5) is 19.0. The van der Waals surface area contributed by atoms with Crippen molar-refractivity contribution in [3.63, 3.8) is 0 Å². The number of hydrogen-bond donors (Lipinski definition) is 2. The highest BCUT2D eigenvalue weighted by atomic mass is 16.2. The molecule has 36 valence electrons. The minimum absolute atomic E-state index is 0.310. The summed E-state index contributed by atoms with van der Waals surface area (Å²) < 4.78 is 0. The van der Waals surface area contributed by atoms with E-state index in [1.54, 1.807) is 0 Å². The molecular formula is C2H3BN2O2. The van der Waals surface area contributed by atoms with Crippen molar-refractivity contribution >= 4 is 20.1 Å². The van der Waals surface area contributed by atoms with Crippen LogP contribution >= 0.6 is 0 Å². The van der Waals surface area contributed by atoms with Gasteiger partial charge in [-0.15, -0.1) is 0 Å². The normalized spacial score (nSPS) is 6.86. The zero-order valence-corrected chi connectivity index (χ0v) is 3.47. The van der Waals surface area contributed by atoms with Crippen molar-refractivity contribution in [3.8, 4) is 0 Å². The molecule has 0 heterocycles. The van der Waals surface area contributed by atoms with Gasteiger partial charge in [0.2, 0.25) is 14.3 Å². The van der Waals surface area contributed by atoms with Crippen molar-refractivity contribution in [1.29, 1.82) is 0 Å². The van der Waals surface area contributed by atoms with Crippen LogP contribution in [0.3, 0.4) is 0 Å². The molecule has 4 nitrogen and oxygen atoms in total. The van der Waals surface area contributed by atoms with Crippen LogP contribution in [0.5, 0.6) is 0 Å². The number of carbonyl (C=O) groups is 2. The summed E-state index contributed by atoms with van der Waals surface area (Å²) in [6, 6.07) is 0. The monoisotopic (exact) mass is 98.0 g/mol. The second-order valence-electron chi connectivity index (χ2n) is 0.751. The first kappa shape index (κ1) is 6.00. The van der Waals surface area contributed by atoms with E-state index in [9.17, 15) is 9.59 Å². The fourth-order valence-corrected chi connectivity index (χ4v) is 0.101. The first-order valence-electron chi connectivity index (χ1n) is 1.52. The third-order valence-corrected chi connectivity index (χ3v) is 0.254. The molecule has 0 fully saturated rings. The number of hydrazine groups is 1. The molecule has 0 aromatic heterocycles. The summed E-state index contributed by atoms with van der Waals surface area (Å²) in [7, 11) is 4.51. The predicted molar refractivity (Wildman–Crippen MR) is 23.5 cm³/mol. The van der Waals surface area contributed by atoms with Gasteiger partial charge >= 0.3 is 0 Å². The van der Waals surface area contributed by atoms with Gasteiger partial charge in [-0.25, -0.2) is 0 Å². The first-order chi connectivity index (χ1) is 3.27. The topological polar surface area (TPSA) is 58.2 Å². The molecule has 0 atom stereocenters. The van der Waals surface area contributed by atoms with Gasteiger partial charge in [0.15, 0.2) is 5.81 Å². The van der Waals surface area contributed by atoms with Crippen molar-refractivity contribution in [2.75, 3.05) is 0 Å². The molecule has 0 spiro atoms. The average Bonchev–Trinajstić information content (AvgIpc) is 1.61. The Balaban J connectivity index is 2.97. The van der Waals surface area contributed by atoms with Crippen LogP contribution in [0.2, 0.25) is 0 Å². The van der Waals surface area contributed by atoms with Gasteiger partial charge < -0.3 is 0 Å². The van der Waals surface area contributed by atoms with Crippen molar-refractivity contribution < 1.29 is 9.59 Å². The maximum Gasteiger partial charge on any atom is 0.225 e. The molecule has 0 rings (SSSR count). The summed E-state index contributed by atoms with van der Waals surface area (Å²) in [6.45, 7) is 0. The van der Waals surface area contributed by atoms with Crippen LogP contribution < -0.4 is 10.9 Å². The van der Waals surface area contributed by atoms with Crippen LogP contribution in [0.25, 0.3) is 0 Å². The van der Waals surface area contributed by atoms with Crippen LogP contribution in [0.1, 0.15) is 0 Å². The van der Waals surface area contributed by atoms with Gasteiger partial charge in [0, 0.05) is 0 Å². The van der Waals surface area contributed by atoms with Crippen molar-refractivity contribution in [2.45, 2.75) is 0 Å². The van der Waals surface area contributed by atoms with Gasteiger partial charge in [0.25, 0.3) is 0 Å². The lowest BCUT2D eigenvalue weighted by Crippen LogP contribution is -2.35. The minimum atomic E-state index is -0.785. The number of amides is 2. The molecule has 0 bridgehead atoms. The molecule has 0 saturated heterocycles. The van der Waals surface area contributed by atoms with E-state index in [0.29, 0.717) is 6.41 Å². The Hall–Kier alpha value is -0.995. The lowest BCUT2D eigenvalue weighted by molar-refractivity contribution is -0.110. The van der Waals surface area contributed by atoms with Crippen LogP contribution in [-0.4, -0.2) is 20.1 Å². The Morgan fingerprint density at radius 3 is 2.43 bits per heavy atom. The van der Waals surface area contributed by atoms with E-state index < -0.39 is 5.81 Å². The number of hydrogen-bond acceptors (Lipinski definition) is 2. The van der Waals surface area contributed by atoms with E-state index in [2.05, 4.69) is 7.85 Å². The lowest BCUT2D eigenvalue weighted by atomic mass is 10.1. The second kappa shape index (κ2) is 3.20. The van der Waals surface area contributed by atoms with E-state index in [1.807, 2.05) is 10.9 Å². The maximum atomic E-state index is 9.65. The fraction of sp³-hybridized carbons (Fsp3) is 0. The Labute approximate surface area is 41.6 Å². The van der Waals surface area contributed by atoms with E-state index in [4.69, 9.17) is 0 Å². The van der Waals surface area contributed by atoms with E-state index in [-0.39, 0.29) is 0 Å². The SMILES string of the molecule is [B]C(=O)NNC=O. The molecule has 2 amide bonds. The maximum absolute atomic E-state index is 9.65. The molecule has 2 N–H and O–H groups in total. The third-order valence-electron chi connectivity index (χ3n) is 0.254. The fourth-order valence-electron chi connectivity index (χ4n) is 0.101. The molecule has 0 unspecified atom stereocenters. The number of nitrogens with one attached hydrogen (secondary N) is 2.